The Bertz CT molecular complexity index is 423. The van der Waals surface area contributed by atoms with E-state index in [0.717, 1.165) is 5.57 Å². The van der Waals surface area contributed by atoms with Gasteiger partial charge in [-0.2, -0.15) is 0 Å². The van der Waals surface area contributed by atoms with E-state index in [1.807, 2.05) is 13.8 Å². The maximum atomic E-state index is 5.99. The Kier molecular flexibility index (Phi) is 4.84. The molecule has 0 unspecified atom stereocenters. The molecule has 2 N–H and O–H groups in total. The number of nitrogens with zero attached hydrogens (tertiary/aromatic N) is 1. The van der Waals surface area contributed by atoms with Crippen LogP contribution in [0.1, 0.15) is 13.8 Å². The lowest BCUT2D eigenvalue weighted by Crippen LogP contribution is -1.98. The molecule has 16 heavy (non-hydrogen) atoms. The molecule has 0 bridgehead atoms. The number of rotatable bonds is 3. The van der Waals surface area contributed by atoms with Crippen LogP contribution in [0, 0.1) is 5.92 Å². The highest BCUT2D eigenvalue weighted by molar-refractivity contribution is 6.36. The third-order valence-electron chi connectivity index (χ3n) is 2.12. The zero-order valence-corrected chi connectivity index (χ0v) is 10.8. The normalized spacial score (nSPS) is 12.7. The van der Waals surface area contributed by atoms with Crippen LogP contribution in [-0.4, -0.2) is 6.21 Å². The highest BCUT2D eigenvalue weighted by atomic mass is 35.5. The van der Waals surface area contributed by atoms with Gasteiger partial charge in [-0.05, 0) is 35.9 Å². The molecule has 0 atom stereocenters. The summed E-state index contributed by atoms with van der Waals surface area (Å²) in [6, 6.07) is 5.19. The van der Waals surface area contributed by atoms with E-state index in [2.05, 4.69) is 4.99 Å². The van der Waals surface area contributed by atoms with Crippen LogP contribution in [0.25, 0.3) is 0 Å². The minimum absolute atomic E-state index is 0.333. The summed E-state index contributed by atoms with van der Waals surface area (Å²) in [5.74, 6) is 0.333. The predicted octanol–water partition coefficient (Wildman–Crippen LogP) is 4.19. The monoisotopic (exact) mass is 256 g/mol. The number of aliphatic imine (C=N–C) groups is 1. The van der Waals surface area contributed by atoms with Crippen molar-refractivity contribution in [1.82, 2.24) is 0 Å². The molecule has 0 aliphatic rings. The van der Waals surface area contributed by atoms with Crippen LogP contribution in [0.15, 0.2) is 35.0 Å². The molecule has 86 valence electrons. The number of benzene rings is 1. The van der Waals surface area contributed by atoms with Crippen molar-refractivity contribution in [1.29, 1.82) is 0 Å². The average Bonchev–Trinajstić information content (AvgIpc) is 2.21. The Hall–Kier alpha value is -0.990. The van der Waals surface area contributed by atoms with Gasteiger partial charge in [-0.25, -0.2) is 0 Å². The topological polar surface area (TPSA) is 38.4 Å². The van der Waals surface area contributed by atoms with Crippen LogP contribution in [0.5, 0.6) is 0 Å². The van der Waals surface area contributed by atoms with Crippen LogP contribution < -0.4 is 5.73 Å². The SMILES string of the molecule is CC(C)/C(C=Nc1ccc(Cl)cc1Cl)=C/N. The number of halogens is 2. The smallest absolute Gasteiger partial charge is 0.0816 e. The van der Waals surface area contributed by atoms with Gasteiger partial charge < -0.3 is 5.73 Å². The molecule has 1 aromatic carbocycles. The van der Waals surface area contributed by atoms with Gasteiger partial charge in [0, 0.05) is 11.2 Å². The lowest BCUT2D eigenvalue weighted by molar-refractivity contribution is 0.803. The second-order valence-corrected chi connectivity index (χ2v) is 4.52. The number of hydrogen-bond acceptors (Lipinski definition) is 2. The molecule has 0 aliphatic heterocycles. The molecule has 2 nitrogen and oxygen atoms in total. The van der Waals surface area contributed by atoms with E-state index < -0.39 is 0 Å². The zero-order chi connectivity index (χ0) is 12.1. The molecule has 4 heteroatoms. The highest BCUT2D eigenvalue weighted by Crippen LogP contribution is 2.27. The number of allylic oxidation sites excluding steroid dienone is 1. The molecule has 0 spiro atoms. The van der Waals surface area contributed by atoms with Gasteiger partial charge in [0.1, 0.15) is 0 Å². The molecule has 0 heterocycles. The Morgan fingerprint density at radius 3 is 2.56 bits per heavy atom. The summed E-state index contributed by atoms with van der Waals surface area (Å²) in [4.78, 5) is 4.28. The first-order chi connectivity index (χ1) is 7.54. The first-order valence-corrected chi connectivity index (χ1v) is 5.71. The predicted molar refractivity (Wildman–Crippen MR) is 71.7 cm³/mol. The molecule has 0 amide bonds. The number of nitrogens with two attached hydrogens (primary N) is 1. The summed E-state index contributed by atoms with van der Waals surface area (Å²) in [5, 5.41) is 1.13. The molecule has 0 radical (unpaired) electrons. The standard InChI is InChI=1S/C12H14Cl2N2/c1-8(2)9(6-15)7-16-12-4-3-10(13)5-11(12)14/h3-8H,15H2,1-2H3/b9-6+,16-7?. The third kappa shape index (κ3) is 3.54. The van der Waals surface area contributed by atoms with E-state index in [4.69, 9.17) is 28.9 Å². The average molecular weight is 257 g/mol. The molecule has 0 aliphatic carbocycles. The minimum Gasteiger partial charge on any atom is -0.404 e. The Labute approximate surface area is 106 Å². The first-order valence-electron chi connectivity index (χ1n) is 4.95. The first kappa shape index (κ1) is 13.1. The fourth-order valence-corrected chi connectivity index (χ4v) is 1.57. The summed E-state index contributed by atoms with van der Waals surface area (Å²) in [7, 11) is 0. The molecule has 1 rings (SSSR count). The molecule has 0 aromatic heterocycles. The Morgan fingerprint density at radius 2 is 2.06 bits per heavy atom. The van der Waals surface area contributed by atoms with Crippen molar-refractivity contribution in [3.63, 3.8) is 0 Å². The molecular formula is C12H14Cl2N2. The van der Waals surface area contributed by atoms with Crippen LogP contribution >= 0.6 is 23.2 Å². The van der Waals surface area contributed by atoms with Gasteiger partial charge in [0.15, 0.2) is 0 Å². The maximum Gasteiger partial charge on any atom is 0.0816 e. The zero-order valence-electron chi connectivity index (χ0n) is 9.24. The largest absolute Gasteiger partial charge is 0.404 e. The second kappa shape index (κ2) is 5.92. The van der Waals surface area contributed by atoms with Crippen LogP contribution in [0.2, 0.25) is 10.0 Å². The van der Waals surface area contributed by atoms with Gasteiger partial charge in [-0.1, -0.05) is 37.0 Å². The lowest BCUT2D eigenvalue weighted by atomic mass is 10.1. The van der Waals surface area contributed by atoms with E-state index in [-0.39, 0.29) is 0 Å². The Balaban J connectivity index is 2.92. The third-order valence-corrected chi connectivity index (χ3v) is 2.66. The molecule has 0 saturated heterocycles. The summed E-state index contributed by atoms with van der Waals surface area (Å²) >= 11 is 11.8. The summed E-state index contributed by atoms with van der Waals surface area (Å²) in [5.41, 5.74) is 7.14. The van der Waals surface area contributed by atoms with Crippen LogP contribution in [0.4, 0.5) is 5.69 Å². The van der Waals surface area contributed by atoms with Crippen molar-refractivity contribution >= 4 is 35.1 Å². The number of hydrogen-bond donors (Lipinski definition) is 1. The van der Waals surface area contributed by atoms with E-state index >= 15 is 0 Å². The van der Waals surface area contributed by atoms with Crippen LogP contribution in [0.3, 0.4) is 0 Å². The van der Waals surface area contributed by atoms with Crippen molar-refractivity contribution in [2.45, 2.75) is 13.8 Å². The fraction of sp³-hybridized carbons (Fsp3) is 0.250. The quantitative estimate of drug-likeness (QED) is 0.810. The van der Waals surface area contributed by atoms with Crippen LogP contribution in [-0.2, 0) is 0 Å². The van der Waals surface area contributed by atoms with Gasteiger partial charge in [0.05, 0.1) is 10.7 Å². The maximum absolute atomic E-state index is 5.99. The minimum atomic E-state index is 0.333. The molecule has 0 saturated carbocycles. The second-order valence-electron chi connectivity index (χ2n) is 3.68. The van der Waals surface area contributed by atoms with Gasteiger partial charge in [-0.15, -0.1) is 0 Å². The molecular weight excluding hydrogens is 243 g/mol. The van der Waals surface area contributed by atoms with E-state index in [1.165, 1.54) is 0 Å². The van der Waals surface area contributed by atoms with E-state index in [0.29, 0.717) is 21.7 Å². The van der Waals surface area contributed by atoms with Gasteiger partial charge >= 0.3 is 0 Å². The van der Waals surface area contributed by atoms with Gasteiger partial charge in [-0.3, -0.25) is 4.99 Å². The van der Waals surface area contributed by atoms with Gasteiger partial charge in [0.25, 0.3) is 0 Å². The Morgan fingerprint density at radius 1 is 1.38 bits per heavy atom. The van der Waals surface area contributed by atoms with Crippen molar-refractivity contribution in [3.05, 3.63) is 40.0 Å². The fourth-order valence-electron chi connectivity index (χ4n) is 1.11. The van der Waals surface area contributed by atoms with Crippen molar-refractivity contribution in [2.75, 3.05) is 0 Å². The van der Waals surface area contributed by atoms with Gasteiger partial charge in [0.2, 0.25) is 0 Å². The summed E-state index contributed by atoms with van der Waals surface area (Å²) in [6.45, 7) is 4.10. The van der Waals surface area contributed by atoms with Crippen molar-refractivity contribution < 1.29 is 0 Å². The highest BCUT2D eigenvalue weighted by Gasteiger charge is 2.01. The summed E-state index contributed by atoms with van der Waals surface area (Å²) in [6.07, 6.45) is 3.28. The lowest BCUT2D eigenvalue weighted by Gasteiger charge is -2.04. The molecule has 0 fully saturated rings. The summed E-state index contributed by atoms with van der Waals surface area (Å²) < 4.78 is 0. The van der Waals surface area contributed by atoms with E-state index in [9.17, 15) is 0 Å². The van der Waals surface area contributed by atoms with Crippen molar-refractivity contribution in [2.24, 2.45) is 16.6 Å². The van der Waals surface area contributed by atoms with E-state index in [1.54, 1.807) is 30.6 Å². The molecule has 1 aromatic rings. The van der Waals surface area contributed by atoms with Crippen molar-refractivity contribution in [3.8, 4) is 0 Å².